The van der Waals surface area contributed by atoms with Crippen molar-refractivity contribution in [1.29, 1.82) is 0 Å². The molecule has 0 aliphatic heterocycles. The molecular formula is C9H13N. The molecule has 0 rings (SSSR count). The second kappa shape index (κ2) is 6.02. The number of rotatable bonds is 3. The molecule has 0 bridgehead atoms. The van der Waals surface area contributed by atoms with Crippen molar-refractivity contribution in [1.82, 2.24) is 0 Å². The zero-order valence-corrected chi connectivity index (χ0v) is 6.54. The molecule has 10 heavy (non-hydrogen) atoms. The SMILES string of the molecule is C=CC=N/C=C(C)/C=C/C. The third-order valence-corrected chi connectivity index (χ3v) is 0.899. The Kier molecular flexibility index (Phi) is 5.35. The Labute approximate surface area is 62.5 Å². The van der Waals surface area contributed by atoms with E-state index in [1.54, 1.807) is 18.5 Å². The smallest absolute Gasteiger partial charge is 0.0296 e. The molecule has 0 amide bonds. The van der Waals surface area contributed by atoms with Crippen LogP contribution in [0.2, 0.25) is 0 Å². The minimum Gasteiger partial charge on any atom is -0.264 e. The summed E-state index contributed by atoms with van der Waals surface area (Å²) in [5.74, 6) is 0. The van der Waals surface area contributed by atoms with Crippen LogP contribution < -0.4 is 0 Å². The predicted molar refractivity (Wildman–Crippen MR) is 47.3 cm³/mol. The average Bonchev–Trinajstić information content (AvgIpc) is 1.89. The van der Waals surface area contributed by atoms with Crippen molar-refractivity contribution in [2.45, 2.75) is 13.8 Å². The second-order valence-corrected chi connectivity index (χ2v) is 1.91. The molecule has 1 heteroatoms. The molecule has 0 aliphatic rings. The van der Waals surface area contributed by atoms with Crippen LogP contribution >= 0.6 is 0 Å². The van der Waals surface area contributed by atoms with Gasteiger partial charge in [-0.3, -0.25) is 4.99 Å². The number of hydrogen-bond donors (Lipinski definition) is 0. The largest absolute Gasteiger partial charge is 0.264 e. The van der Waals surface area contributed by atoms with E-state index in [0.29, 0.717) is 0 Å². The molecule has 0 saturated heterocycles. The Morgan fingerprint density at radius 2 is 2.20 bits per heavy atom. The van der Waals surface area contributed by atoms with Gasteiger partial charge in [-0.1, -0.05) is 24.8 Å². The quantitative estimate of drug-likeness (QED) is 0.417. The molecule has 0 aromatic carbocycles. The van der Waals surface area contributed by atoms with Crippen LogP contribution in [-0.4, -0.2) is 6.21 Å². The van der Waals surface area contributed by atoms with Gasteiger partial charge in [-0.25, -0.2) is 0 Å². The van der Waals surface area contributed by atoms with Gasteiger partial charge in [-0.15, -0.1) is 0 Å². The highest BCUT2D eigenvalue weighted by atomic mass is 14.7. The number of hydrogen-bond acceptors (Lipinski definition) is 1. The highest BCUT2D eigenvalue weighted by Gasteiger charge is 1.73. The minimum absolute atomic E-state index is 1.14. The summed E-state index contributed by atoms with van der Waals surface area (Å²) in [6.07, 6.45) is 9.09. The molecule has 0 fully saturated rings. The van der Waals surface area contributed by atoms with Crippen LogP contribution in [-0.2, 0) is 0 Å². The number of allylic oxidation sites excluding steroid dienone is 4. The fraction of sp³-hybridized carbons (Fsp3) is 0.222. The fourth-order valence-corrected chi connectivity index (χ4v) is 0.527. The number of nitrogens with zero attached hydrogens (tertiary/aromatic N) is 1. The average molecular weight is 135 g/mol. The van der Waals surface area contributed by atoms with Gasteiger partial charge in [0.15, 0.2) is 0 Å². The van der Waals surface area contributed by atoms with E-state index in [-0.39, 0.29) is 0 Å². The van der Waals surface area contributed by atoms with Gasteiger partial charge in [-0.05, 0) is 19.4 Å². The van der Waals surface area contributed by atoms with Gasteiger partial charge in [0.1, 0.15) is 0 Å². The minimum atomic E-state index is 1.14. The van der Waals surface area contributed by atoms with Crippen LogP contribution in [0.4, 0.5) is 0 Å². The zero-order chi connectivity index (χ0) is 7.82. The molecule has 0 heterocycles. The lowest BCUT2D eigenvalue weighted by Gasteiger charge is -1.83. The summed E-state index contributed by atoms with van der Waals surface area (Å²) >= 11 is 0. The van der Waals surface area contributed by atoms with Crippen molar-refractivity contribution in [2.75, 3.05) is 0 Å². The third-order valence-electron chi connectivity index (χ3n) is 0.899. The molecule has 0 aromatic rings. The summed E-state index contributed by atoms with van der Waals surface area (Å²) in [5.41, 5.74) is 1.14. The highest BCUT2D eigenvalue weighted by Crippen LogP contribution is 1.93. The molecule has 0 aliphatic carbocycles. The zero-order valence-electron chi connectivity index (χ0n) is 6.54. The first-order valence-corrected chi connectivity index (χ1v) is 3.25. The molecule has 0 spiro atoms. The number of aliphatic imine (C=N–C) groups is 1. The van der Waals surface area contributed by atoms with Crippen LogP contribution in [0.3, 0.4) is 0 Å². The summed E-state index contributed by atoms with van der Waals surface area (Å²) in [7, 11) is 0. The normalized spacial score (nSPS) is 13.2. The van der Waals surface area contributed by atoms with Gasteiger partial charge in [-0.2, -0.15) is 0 Å². The van der Waals surface area contributed by atoms with Crippen molar-refractivity contribution in [3.05, 3.63) is 36.6 Å². The molecular weight excluding hydrogens is 122 g/mol. The maximum Gasteiger partial charge on any atom is 0.0296 e. The highest BCUT2D eigenvalue weighted by molar-refractivity contribution is 5.70. The van der Waals surface area contributed by atoms with Crippen LogP contribution in [0.15, 0.2) is 41.6 Å². The summed E-state index contributed by atoms with van der Waals surface area (Å²) < 4.78 is 0. The molecule has 0 radical (unpaired) electrons. The lowest BCUT2D eigenvalue weighted by molar-refractivity contribution is 1.43. The van der Waals surface area contributed by atoms with E-state index < -0.39 is 0 Å². The van der Waals surface area contributed by atoms with Crippen molar-refractivity contribution in [3.63, 3.8) is 0 Å². The molecule has 54 valence electrons. The summed E-state index contributed by atoms with van der Waals surface area (Å²) in [6, 6.07) is 0. The Balaban J connectivity index is 3.90. The topological polar surface area (TPSA) is 12.4 Å². The molecule has 0 atom stereocenters. The van der Waals surface area contributed by atoms with E-state index >= 15 is 0 Å². The first-order valence-electron chi connectivity index (χ1n) is 3.25. The van der Waals surface area contributed by atoms with Gasteiger partial charge in [0.05, 0.1) is 0 Å². The van der Waals surface area contributed by atoms with Crippen LogP contribution in [0, 0.1) is 0 Å². The Bertz CT molecular complexity index is 173. The van der Waals surface area contributed by atoms with E-state index in [0.717, 1.165) is 5.57 Å². The van der Waals surface area contributed by atoms with Crippen LogP contribution in [0.25, 0.3) is 0 Å². The van der Waals surface area contributed by atoms with Gasteiger partial charge in [0, 0.05) is 12.4 Å². The van der Waals surface area contributed by atoms with Crippen molar-refractivity contribution < 1.29 is 0 Å². The standard InChI is InChI=1S/C9H13N/c1-4-6-9(3)8-10-7-5-2/h4-8H,2H2,1,3H3/b6-4+,9-8+,10-7?. The monoisotopic (exact) mass is 135 g/mol. The van der Waals surface area contributed by atoms with Crippen molar-refractivity contribution >= 4 is 6.21 Å². The molecule has 0 N–H and O–H groups in total. The van der Waals surface area contributed by atoms with E-state index in [4.69, 9.17) is 0 Å². The van der Waals surface area contributed by atoms with Crippen LogP contribution in [0.1, 0.15) is 13.8 Å². The maximum absolute atomic E-state index is 3.95. The van der Waals surface area contributed by atoms with E-state index in [9.17, 15) is 0 Å². The first-order chi connectivity index (χ1) is 4.81. The summed E-state index contributed by atoms with van der Waals surface area (Å²) in [4.78, 5) is 3.95. The van der Waals surface area contributed by atoms with Gasteiger partial charge in [0.2, 0.25) is 0 Å². The Morgan fingerprint density at radius 1 is 1.50 bits per heavy atom. The van der Waals surface area contributed by atoms with E-state index in [1.165, 1.54) is 0 Å². The lowest BCUT2D eigenvalue weighted by Crippen LogP contribution is -1.65. The molecule has 0 unspecified atom stereocenters. The third kappa shape index (κ3) is 5.04. The fourth-order valence-electron chi connectivity index (χ4n) is 0.527. The first kappa shape index (κ1) is 8.89. The maximum atomic E-state index is 3.95. The lowest BCUT2D eigenvalue weighted by atomic mass is 10.3. The van der Waals surface area contributed by atoms with Crippen LogP contribution in [0.5, 0.6) is 0 Å². The summed E-state index contributed by atoms with van der Waals surface area (Å²) in [5, 5.41) is 0. The Hall–Kier alpha value is -1.11. The van der Waals surface area contributed by atoms with Gasteiger partial charge in [0.25, 0.3) is 0 Å². The second-order valence-electron chi connectivity index (χ2n) is 1.91. The Morgan fingerprint density at radius 3 is 2.70 bits per heavy atom. The van der Waals surface area contributed by atoms with E-state index in [2.05, 4.69) is 11.6 Å². The molecule has 1 nitrogen and oxygen atoms in total. The van der Waals surface area contributed by atoms with Crippen molar-refractivity contribution in [3.8, 4) is 0 Å². The molecule has 0 aromatic heterocycles. The van der Waals surface area contributed by atoms with Gasteiger partial charge < -0.3 is 0 Å². The van der Waals surface area contributed by atoms with Crippen molar-refractivity contribution in [2.24, 2.45) is 4.99 Å². The van der Waals surface area contributed by atoms with Gasteiger partial charge >= 0.3 is 0 Å². The van der Waals surface area contributed by atoms with E-state index in [1.807, 2.05) is 26.0 Å². The predicted octanol–water partition coefficient (Wildman–Crippen LogP) is 2.72. The molecule has 0 saturated carbocycles. The summed E-state index contributed by atoms with van der Waals surface area (Å²) in [6.45, 7) is 7.49.